The minimum atomic E-state index is -0.0370. The normalized spacial score (nSPS) is 15.0. The van der Waals surface area contributed by atoms with Crippen molar-refractivity contribution in [1.82, 2.24) is 16.0 Å². The maximum Gasteiger partial charge on any atom is 0.0332 e. The lowest BCUT2D eigenvalue weighted by Gasteiger charge is -2.32. The van der Waals surface area contributed by atoms with Crippen molar-refractivity contribution in [1.29, 1.82) is 0 Å². The van der Waals surface area contributed by atoms with Gasteiger partial charge in [-0.15, -0.1) is 0 Å². The van der Waals surface area contributed by atoms with E-state index in [-0.39, 0.29) is 9.49 Å². The molecule has 19 heavy (non-hydrogen) atoms. The van der Waals surface area contributed by atoms with Crippen LogP contribution in [0.1, 0.15) is 41.5 Å². The lowest BCUT2D eigenvalue weighted by molar-refractivity contribution is 0.392. The van der Waals surface area contributed by atoms with Crippen molar-refractivity contribution in [2.24, 2.45) is 0 Å². The molecule has 0 saturated heterocycles. The van der Waals surface area contributed by atoms with Crippen molar-refractivity contribution in [3.8, 4) is 0 Å². The van der Waals surface area contributed by atoms with E-state index in [4.69, 9.17) is 0 Å². The molecule has 0 heterocycles. The number of rotatable bonds is 10. The molecule has 0 radical (unpaired) electrons. The Morgan fingerprint density at radius 1 is 0.947 bits per heavy atom. The van der Waals surface area contributed by atoms with E-state index in [2.05, 4.69) is 82.8 Å². The molecule has 0 spiro atoms. The molecule has 0 aromatic carbocycles. The molecular weight excluding hydrogens is 274 g/mol. The van der Waals surface area contributed by atoms with Crippen LogP contribution in [0.4, 0.5) is 0 Å². The Bertz CT molecular complexity index is 232. The molecule has 0 aromatic heterocycles. The highest BCUT2D eigenvalue weighted by Crippen LogP contribution is 2.17. The van der Waals surface area contributed by atoms with Crippen LogP contribution in [0.5, 0.6) is 0 Å². The molecule has 0 fully saturated rings. The van der Waals surface area contributed by atoms with Gasteiger partial charge in [0.15, 0.2) is 0 Å². The first-order valence-corrected chi connectivity index (χ1v) is 8.04. The Hall–Kier alpha value is 0.580. The highest BCUT2D eigenvalue weighted by Gasteiger charge is 2.24. The van der Waals surface area contributed by atoms with E-state index < -0.39 is 0 Å². The fourth-order valence-corrected chi connectivity index (χ4v) is 1.95. The van der Waals surface area contributed by atoms with Crippen LogP contribution in [0.2, 0.25) is 0 Å². The highest BCUT2D eigenvalue weighted by atomic mass is 32.1. The molecule has 5 heteroatoms. The van der Waals surface area contributed by atoms with Crippen molar-refractivity contribution in [2.45, 2.75) is 63.1 Å². The van der Waals surface area contributed by atoms with Gasteiger partial charge in [0.05, 0.1) is 0 Å². The van der Waals surface area contributed by atoms with Crippen molar-refractivity contribution in [3.63, 3.8) is 0 Å². The van der Waals surface area contributed by atoms with Gasteiger partial charge in [-0.2, -0.15) is 25.3 Å². The summed E-state index contributed by atoms with van der Waals surface area (Å²) in [7, 11) is 0. The summed E-state index contributed by atoms with van der Waals surface area (Å²) < 4.78 is 0.00608. The average Bonchev–Trinajstić information content (AvgIpc) is 2.17. The molecule has 0 aliphatic carbocycles. The minimum absolute atomic E-state index is 0.0370. The SMILES string of the molecule is CC(C)NCC(NCCNCC(C)(C)S)C(C)(C)S. The molecule has 3 N–H and O–H groups in total. The van der Waals surface area contributed by atoms with Crippen molar-refractivity contribution in [2.75, 3.05) is 26.2 Å². The van der Waals surface area contributed by atoms with Crippen LogP contribution in [0.15, 0.2) is 0 Å². The first kappa shape index (κ1) is 19.6. The van der Waals surface area contributed by atoms with Crippen molar-refractivity contribution < 1.29 is 0 Å². The minimum Gasteiger partial charge on any atom is -0.314 e. The van der Waals surface area contributed by atoms with Gasteiger partial charge in [-0.3, -0.25) is 0 Å². The maximum absolute atomic E-state index is 4.69. The second-order valence-corrected chi connectivity index (χ2v) is 9.08. The Kier molecular flexibility index (Phi) is 9.04. The molecule has 3 nitrogen and oxygen atoms in total. The van der Waals surface area contributed by atoms with Gasteiger partial charge in [-0.05, 0) is 27.7 Å². The van der Waals surface area contributed by atoms with E-state index in [0.29, 0.717) is 12.1 Å². The standard InChI is InChI=1S/C14H33N3S2/c1-11(2)17-9-12(14(5,6)19)16-8-7-15-10-13(3,4)18/h11-12,15-19H,7-10H2,1-6H3. The predicted molar refractivity (Wildman–Crippen MR) is 93.9 cm³/mol. The van der Waals surface area contributed by atoms with Crippen LogP contribution >= 0.6 is 25.3 Å². The summed E-state index contributed by atoms with van der Waals surface area (Å²) in [5, 5.41) is 10.5. The summed E-state index contributed by atoms with van der Waals surface area (Å²) in [5.41, 5.74) is 0. The summed E-state index contributed by atoms with van der Waals surface area (Å²) >= 11 is 9.18. The zero-order chi connectivity index (χ0) is 15.1. The molecule has 0 bridgehead atoms. The lowest BCUT2D eigenvalue weighted by atomic mass is 10.0. The zero-order valence-corrected chi connectivity index (χ0v) is 15.2. The van der Waals surface area contributed by atoms with Gasteiger partial charge in [0.1, 0.15) is 0 Å². The van der Waals surface area contributed by atoms with E-state index in [9.17, 15) is 0 Å². The van der Waals surface area contributed by atoms with Gasteiger partial charge in [0, 0.05) is 47.8 Å². The van der Waals surface area contributed by atoms with Crippen LogP contribution in [0.3, 0.4) is 0 Å². The van der Waals surface area contributed by atoms with Crippen LogP contribution in [0, 0.1) is 0 Å². The third kappa shape index (κ3) is 12.1. The number of thiol groups is 2. The van der Waals surface area contributed by atoms with Crippen LogP contribution in [-0.4, -0.2) is 47.8 Å². The second-order valence-electron chi connectivity index (χ2n) is 6.71. The monoisotopic (exact) mass is 307 g/mol. The smallest absolute Gasteiger partial charge is 0.0332 e. The summed E-state index contributed by atoms with van der Waals surface area (Å²) in [6.07, 6.45) is 0. The van der Waals surface area contributed by atoms with Gasteiger partial charge >= 0.3 is 0 Å². The van der Waals surface area contributed by atoms with Crippen LogP contribution in [0.25, 0.3) is 0 Å². The highest BCUT2D eigenvalue weighted by molar-refractivity contribution is 7.82. The molecule has 116 valence electrons. The Labute approximate surface area is 130 Å². The Morgan fingerprint density at radius 2 is 1.53 bits per heavy atom. The summed E-state index contributed by atoms with van der Waals surface area (Å²) in [4.78, 5) is 0. The van der Waals surface area contributed by atoms with Gasteiger partial charge in [-0.1, -0.05) is 13.8 Å². The van der Waals surface area contributed by atoms with E-state index in [0.717, 1.165) is 26.2 Å². The van der Waals surface area contributed by atoms with Gasteiger partial charge in [0.25, 0.3) is 0 Å². The van der Waals surface area contributed by atoms with E-state index in [1.54, 1.807) is 0 Å². The van der Waals surface area contributed by atoms with Crippen molar-refractivity contribution >= 4 is 25.3 Å². The maximum atomic E-state index is 4.69. The Morgan fingerprint density at radius 3 is 1.95 bits per heavy atom. The third-order valence-electron chi connectivity index (χ3n) is 2.83. The first-order valence-electron chi connectivity index (χ1n) is 7.14. The molecule has 0 saturated carbocycles. The molecule has 1 unspecified atom stereocenters. The predicted octanol–water partition coefficient (Wildman–Crippen LogP) is 1.95. The summed E-state index contributed by atoms with van der Waals surface area (Å²) in [5.74, 6) is 0. The van der Waals surface area contributed by atoms with Crippen molar-refractivity contribution in [3.05, 3.63) is 0 Å². The third-order valence-corrected chi connectivity index (χ3v) is 3.30. The largest absolute Gasteiger partial charge is 0.314 e. The molecular formula is C14H33N3S2. The quantitative estimate of drug-likeness (QED) is 0.316. The molecule has 1 atom stereocenters. The number of hydrogen-bond donors (Lipinski definition) is 5. The lowest BCUT2D eigenvalue weighted by Crippen LogP contribution is -2.52. The second kappa shape index (κ2) is 8.78. The Balaban J connectivity index is 3.94. The fraction of sp³-hybridized carbons (Fsp3) is 1.00. The van der Waals surface area contributed by atoms with Gasteiger partial charge in [-0.25, -0.2) is 0 Å². The molecule has 0 aliphatic rings. The molecule has 0 rings (SSSR count). The fourth-order valence-electron chi connectivity index (χ4n) is 1.65. The summed E-state index contributed by atoms with van der Waals surface area (Å²) in [6.45, 7) is 16.6. The first-order chi connectivity index (χ1) is 8.52. The van der Waals surface area contributed by atoms with E-state index in [1.165, 1.54) is 0 Å². The van der Waals surface area contributed by atoms with E-state index >= 15 is 0 Å². The van der Waals surface area contributed by atoms with Gasteiger partial charge < -0.3 is 16.0 Å². The molecule has 0 aromatic rings. The summed E-state index contributed by atoms with van der Waals surface area (Å²) in [6, 6.07) is 0.854. The van der Waals surface area contributed by atoms with Gasteiger partial charge in [0.2, 0.25) is 0 Å². The van der Waals surface area contributed by atoms with E-state index in [1.807, 2.05) is 0 Å². The van der Waals surface area contributed by atoms with Crippen LogP contribution < -0.4 is 16.0 Å². The van der Waals surface area contributed by atoms with Crippen LogP contribution in [-0.2, 0) is 0 Å². The number of nitrogens with one attached hydrogen (secondary N) is 3. The topological polar surface area (TPSA) is 36.1 Å². The number of hydrogen-bond acceptors (Lipinski definition) is 5. The molecule has 0 aliphatic heterocycles. The average molecular weight is 308 g/mol. The molecule has 0 amide bonds. The zero-order valence-electron chi connectivity index (χ0n) is 13.4.